The first kappa shape index (κ1) is 35.0. The largest absolute Gasteiger partial charge is 0.355 e. The first-order chi connectivity index (χ1) is 21.9. The second kappa shape index (κ2) is 15.6. The molecule has 2 amide bonds. The van der Waals surface area contributed by atoms with Crippen LogP contribution in [0, 0.1) is 6.92 Å². The highest BCUT2D eigenvalue weighted by molar-refractivity contribution is 7.92. The maximum atomic E-state index is 14.5. The van der Waals surface area contributed by atoms with Crippen LogP contribution in [0.3, 0.4) is 0 Å². The van der Waals surface area contributed by atoms with E-state index in [9.17, 15) is 18.0 Å². The van der Waals surface area contributed by atoms with Crippen LogP contribution in [-0.4, -0.2) is 44.3 Å². The molecule has 0 aliphatic rings. The van der Waals surface area contributed by atoms with E-state index in [2.05, 4.69) is 19.2 Å². The number of hydrogen-bond donors (Lipinski definition) is 1. The van der Waals surface area contributed by atoms with Gasteiger partial charge in [0.05, 0.1) is 20.6 Å². The smallest absolute Gasteiger partial charge is 0.264 e. The monoisotopic (exact) mass is 679 g/mol. The van der Waals surface area contributed by atoms with E-state index in [0.717, 1.165) is 21.0 Å². The van der Waals surface area contributed by atoms with E-state index in [0.29, 0.717) is 27.8 Å². The van der Waals surface area contributed by atoms with E-state index in [1.54, 1.807) is 49.4 Å². The van der Waals surface area contributed by atoms with Crippen LogP contribution < -0.4 is 9.62 Å². The number of hydrogen-bond acceptors (Lipinski definition) is 4. The minimum absolute atomic E-state index is 0.00490. The van der Waals surface area contributed by atoms with Gasteiger partial charge in [-0.1, -0.05) is 103 Å². The minimum atomic E-state index is -4.19. The Kier molecular flexibility index (Phi) is 11.9. The van der Waals surface area contributed by atoms with Gasteiger partial charge in [-0.25, -0.2) is 8.42 Å². The molecule has 0 unspecified atom stereocenters. The molecule has 0 aromatic heterocycles. The number of rotatable bonds is 13. The summed E-state index contributed by atoms with van der Waals surface area (Å²) < 4.78 is 29.5. The van der Waals surface area contributed by atoms with E-state index >= 15 is 0 Å². The third kappa shape index (κ3) is 8.69. The molecule has 0 saturated heterocycles. The number of sulfonamides is 1. The van der Waals surface area contributed by atoms with Crippen LogP contribution in [0.5, 0.6) is 0 Å². The molecule has 0 aliphatic carbocycles. The fourth-order valence-electron chi connectivity index (χ4n) is 5.07. The highest BCUT2D eigenvalue weighted by Gasteiger charge is 2.34. The Morgan fingerprint density at radius 2 is 1.48 bits per heavy atom. The fourth-order valence-corrected chi connectivity index (χ4v) is 6.81. The van der Waals surface area contributed by atoms with Crippen LogP contribution in [0.1, 0.15) is 48.9 Å². The zero-order valence-corrected chi connectivity index (χ0v) is 28.7. The zero-order chi connectivity index (χ0) is 33.4. The second-order valence-corrected chi connectivity index (χ2v) is 14.1. The molecule has 0 radical (unpaired) electrons. The Morgan fingerprint density at radius 3 is 2.07 bits per heavy atom. The number of nitrogens with zero attached hydrogens (tertiary/aromatic N) is 2. The van der Waals surface area contributed by atoms with E-state index < -0.39 is 28.5 Å². The number of amides is 2. The Labute approximate surface area is 282 Å². The molecular formula is C36H39Cl2N3O4S. The molecular weight excluding hydrogens is 641 g/mol. The van der Waals surface area contributed by atoms with Crippen LogP contribution in [-0.2, 0) is 32.6 Å². The summed E-state index contributed by atoms with van der Waals surface area (Å²) in [6, 6.07) is 27.1. The highest BCUT2D eigenvalue weighted by Crippen LogP contribution is 2.28. The Balaban J connectivity index is 1.81. The van der Waals surface area contributed by atoms with Crippen LogP contribution in [0.4, 0.5) is 5.69 Å². The molecule has 0 heterocycles. The first-order valence-corrected chi connectivity index (χ1v) is 17.3. The Bertz CT molecular complexity index is 1750. The second-order valence-electron chi connectivity index (χ2n) is 11.4. The molecule has 4 aromatic rings. The Hall–Kier alpha value is -3.85. The van der Waals surface area contributed by atoms with Gasteiger partial charge in [0.2, 0.25) is 11.8 Å². The van der Waals surface area contributed by atoms with Gasteiger partial charge >= 0.3 is 0 Å². The number of halogens is 2. The van der Waals surface area contributed by atoms with Gasteiger partial charge in [-0.15, -0.1) is 0 Å². The standard InChI is InChI=1S/C36H39Cl2N3O4S/c1-5-39-36(43)34(22-27-9-7-6-8-10-27)40(23-28-13-20-32(37)33(38)21-28)35(42)24-41(30-16-14-29(15-17-30)25(2)3)46(44,45)31-18-11-26(4)12-19-31/h6-21,25,34H,5,22-24H2,1-4H3,(H,39,43)/t34-/m0/s1. The lowest BCUT2D eigenvalue weighted by Gasteiger charge is -2.34. The lowest BCUT2D eigenvalue weighted by atomic mass is 10.0. The number of aryl methyl sites for hydroxylation is 1. The number of nitrogens with one attached hydrogen (secondary N) is 1. The molecule has 46 heavy (non-hydrogen) atoms. The summed E-state index contributed by atoms with van der Waals surface area (Å²) in [7, 11) is -4.19. The summed E-state index contributed by atoms with van der Waals surface area (Å²) in [6.07, 6.45) is 0.216. The third-order valence-electron chi connectivity index (χ3n) is 7.69. The van der Waals surface area contributed by atoms with Crippen LogP contribution in [0.2, 0.25) is 10.0 Å². The summed E-state index contributed by atoms with van der Waals surface area (Å²) in [6.45, 7) is 7.59. The van der Waals surface area contributed by atoms with Crippen molar-refractivity contribution in [3.05, 3.63) is 129 Å². The molecule has 4 aromatic carbocycles. The summed E-state index contributed by atoms with van der Waals surface area (Å²) in [5.41, 5.74) is 3.76. The first-order valence-electron chi connectivity index (χ1n) is 15.1. The molecule has 4 rings (SSSR count). The summed E-state index contributed by atoms with van der Waals surface area (Å²) in [5, 5.41) is 3.52. The van der Waals surface area contributed by atoms with Gasteiger partial charge in [0.15, 0.2) is 0 Å². The SMILES string of the molecule is CCNC(=O)[C@H](Cc1ccccc1)N(Cc1ccc(Cl)c(Cl)c1)C(=O)CN(c1ccc(C(C)C)cc1)S(=O)(=O)c1ccc(C)cc1. The van der Waals surface area contributed by atoms with Gasteiger partial charge in [0.25, 0.3) is 10.0 Å². The van der Waals surface area contributed by atoms with Crippen molar-refractivity contribution in [2.24, 2.45) is 0 Å². The van der Waals surface area contributed by atoms with E-state index in [4.69, 9.17) is 23.2 Å². The molecule has 242 valence electrons. The van der Waals surface area contributed by atoms with Gasteiger partial charge in [0, 0.05) is 19.5 Å². The average molecular weight is 681 g/mol. The topological polar surface area (TPSA) is 86.8 Å². The molecule has 10 heteroatoms. The molecule has 1 N–H and O–H groups in total. The molecule has 0 fully saturated rings. The fraction of sp³-hybridized carbons (Fsp3) is 0.278. The summed E-state index contributed by atoms with van der Waals surface area (Å²) >= 11 is 12.5. The van der Waals surface area contributed by atoms with Crippen LogP contribution in [0.25, 0.3) is 0 Å². The molecule has 0 spiro atoms. The van der Waals surface area contributed by atoms with Crippen molar-refractivity contribution in [2.75, 3.05) is 17.4 Å². The average Bonchev–Trinajstić information content (AvgIpc) is 3.04. The normalized spacial score (nSPS) is 12.1. The number of likely N-dealkylation sites (N-methyl/N-ethyl adjacent to an activating group) is 1. The van der Waals surface area contributed by atoms with E-state index in [1.165, 1.54) is 17.0 Å². The van der Waals surface area contributed by atoms with Crippen molar-refractivity contribution in [2.45, 2.75) is 57.5 Å². The number of carbonyl (C=O) groups excluding carboxylic acids is 2. The summed E-state index contributed by atoms with van der Waals surface area (Å²) in [5.74, 6) is -0.675. The summed E-state index contributed by atoms with van der Waals surface area (Å²) in [4.78, 5) is 29.6. The molecule has 1 atom stereocenters. The molecule has 7 nitrogen and oxygen atoms in total. The van der Waals surface area contributed by atoms with Gasteiger partial charge in [-0.2, -0.15) is 0 Å². The maximum absolute atomic E-state index is 14.5. The number of benzene rings is 4. The van der Waals surface area contributed by atoms with Crippen molar-refractivity contribution in [1.29, 1.82) is 0 Å². The maximum Gasteiger partial charge on any atom is 0.264 e. The molecule has 0 aliphatic heterocycles. The Morgan fingerprint density at radius 1 is 0.826 bits per heavy atom. The van der Waals surface area contributed by atoms with Gasteiger partial charge in [-0.3, -0.25) is 13.9 Å². The molecule has 0 bridgehead atoms. The number of anilines is 1. The van der Waals surface area contributed by atoms with Crippen molar-refractivity contribution < 1.29 is 18.0 Å². The van der Waals surface area contributed by atoms with E-state index in [1.807, 2.05) is 49.4 Å². The van der Waals surface area contributed by atoms with E-state index in [-0.39, 0.29) is 29.7 Å². The quantitative estimate of drug-likeness (QED) is 0.160. The third-order valence-corrected chi connectivity index (χ3v) is 10.2. The highest BCUT2D eigenvalue weighted by atomic mass is 35.5. The van der Waals surface area contributed by atoms with Gasteiger partial charge in [0.1, 0.15) is 12.6 Å². The van der Waals surface area contributed by atoms with Crippen molar-refractivity contribution >= 4 is 50.7 Å². The number of carbonyl (C=O) groups is 2. The van der Waals surface area contributed by atoms with Crippen molar-refractivity contribution in [3.63, 3.8) is 0 Å². The van der Waals surface area contributed by atoms with Crippen LogP contribution >= 0.6 is 23.2 Å². The molecule has 0 saturated carbocycles. The minimum Gasteiger partial charge on any atom is -0.355 e. The lowest BCUT2D eigenvalue weighted by molar-refractivity contribution is -0.140. The zero-order valence-electron chi connectivity index (χ0n) is 26.4. The predicted molar refractivity (Wildman–Crippen MR) is 186 cm³/mol. The van der Waals surface area contributed by atoms with Gasteiger partial charge in [-0.05, 0) is 72.9 Å². The lowest BCUT2D eigenvalue weighted by Crippen LogP contribution is -2.53. The van der Waals surface area contributed by atoms with Crippen molar-refractivity contribution in [1.82, 2.24) is 10.2 Å². The van der Waals surface area contributed by atoms with Crippen molar-refractivity contribution in [3.8, 4) is 0 Å². The predicted octanol–water partition coefficient (Wildman–Crippen LogP) is 7.40. The van der Waals surface area contributed by atoms with Gasteiger partial charge < -0.3 is 10.2 Å². The van der Waals surface area contributed by atoms with Crippen LogP contribution in [0.15, 0.2) is 102 Å².